The average molecular weight is 262 g/mol. The number of rotatable bonds is 5. The Morgan fingerprint density at radius 1 is 1.21 bits per heavy atom. The number of aryl methyl sites for hydroxylation is 2. The maximum atomic E-state index is 13.0. The van der Waals surface area contributed by atoms with Crippen molar-refractivity contribution in [3.05, 3.63) is 47.3 Å². The summed E-state index contributed by atoms with van der Waals surface area (Å²) in [5, 5.41) is 4.50. The molecule has 102 valence electrons. The van der Waals surface area contributed by atoms with E-state index in [9.17, 15) is 4.39 Å². The maximum Gasteiger partial charge on any atom is 0.150 e. The molecule has 1 unspecified atom stereocenters. The second-order valence-corrected chi connectivity index (χ2v) is 4.40. The van der Waals surface area contributed by atoms with Gasteiger partial charge in [0, 0.05) is 19.4 Å². The Kier molecular flexibility index (Phi) is 4.27. The predicted molar refractivity (Wildman–Crippen MR) is 72.4 cm³/mol. The van der Waals surface area contributed by atoms with Gasteiger partial charge >= 0.3 is 0 Å². The number of hydrogen-bond acceptors (Lipinski definition) is 3. The van der Waals surface area contributed by atoms with Crippen molar-refractivity contribution in [3.8, 4) is 0 Å². The Hall–Kier alpha value is -1.75. The zero-order valence-electron chi connectivity index (χ0n) is 11.3. The Labute approximate surface area is 112 Å². The molecule has 5 heteroatoms. The van der Waals surface area contributed by atoms with Crippen LogP contribution in [0.2, 0.25) is 0 Å². The van der Waals surface area contributed by atoms with Crippen LogP contribution in [0.15, 0.2) is 24.3 Å². The fourth-order valence-electron chi connectivity index (χ4n) is 2.11. The average Bonchev–Trinajstić information content (AvgIpc) is 2.85. The lowest BCUT2D eigenvalue weighted by Crippen LogP contribution is -2.23. The van der Waals surface area contributed by atoms with Crippen LogP contribution in [0.1, 0.15) is 37.1 Å². The molecule has 0 saturated carbocycles. The van der Waals surface area contributed by atoms with Crippen molar-refractivity contribution in [1.29, 1.82) is 0 Å². The van der Waals surface area contributed by atoms with Gasteiger partial charge in [0.2, 0.25) is 0 Å². The summed E-state index contributed by atoms with van der Waals surface area (Å²) in [7, 11) is 0. The van der Waals surface area contributed by atoms with Crippen molar-refractivity contribution >= 4 is 0 Å². The van der Waals surface area contributed by atoms with Crippen LogP contribution < -0.4 is 5.73 Å². The second-order valence-electron chi connectivity index (χ2n) is 4.40. The van der Waals surface area contributed by atoms with Gasteiger partial charge in [-0.3, -0.25) is 0 Å². The molecule has 0 radical (unpaired) electrons. The Morgan fingerprint density at radius 2 is 1.89 bits per heavy atom. The summed E-state index contributed by atoms with van der Waals surface area (Å²) in [6.45, 7) is 4.47. The third-order valence-electron chi connectivity index (χ3n) is 3.15. The zero-order chi connectivity index (χ0) is 13.8. The van der Waals surface area contributed by atoms with Crippen molar-refractivity contribution in [2.45, 2.75) is 32.7 Å². The number of aromatic nitrogens is 3. The molecule has 1 aromatic carbocycles. The van der Waals surface area contributed by atoms with E-state index in [1.165, 1.54) is 12.1 Å². The first kappa shape index (κ1) is 13.7. The number of nitrogens with two attached hydrogens (primary N) is 1. The van der Waals surface area contributed by atoms with Gasteiger partial charge < -0.3 is 5.73 Å². The fourth-order valence-corrected chi connectivity index (χ4v) is 2.11. The van der Waals surface area contributed by atoms with E-state index in [4.69, 9.17) is 5.73 Å². The van der Waals surface area contributed by atoms with Crippen LogP contribution in [0, 0.1) is 5.82 Å². The number of hydrogen-bond donors (Lipinski definition) is 1. The van der Waals surface area contributed by atoms with Crippen LogP contribution in [0.4, 0.5) is 4.39 Å². The molecule has 4 nitrogen and oxygen atoms in total. The van der Waals surface area contributed by atoms with Gasteiger partial charge in [0.05, 0.1) is 6.04 Å². The summed E-state index contributed by atoms with van der Waals surface area (Å²) in [6.07, 6.45) is 1.59. The predicted octanol–water partition coefficient (Wildman–Crippen LogP) is 2.09. The molecule has 0 aliphatic carbocycles. The van der Waals surface area contributed by atoms with Gasteiger partial charge in [-0.2, -0.15) is 5.10 Å². The highest BCUT2D eigenvalue weighted by atomic mass is 19.1. The third-order valence-corrected chi connectivity index (χ3v) is 3.15. The van der Waals surface area contributed by atoms with Crippen molar-refractivity contribution in [2.75, 3.05) is 6.54 Å². The summed E-state index contributed by atoms with van der Waals surface area (Å²) < 4.78 is 14.9. The van der Waals surface area contributed by atoms with E-state index < -0.39 is 0 Å². The monoisotopic (exact) mass is 262 g/mol. The molecule has 0 fully saturated rings. The SMILES string of the molecule is CCc1nc(CC)n(C(CN)c2ccc(F)cc2)n1. The van der Waals surface area contributed by atoms with Crippen LogP contribution >= 0.6 is 0 Å². The number of nitrogens with zero attached hydrogens (tertiary/aromatic N) is 3. The van der Waals surface area contributed by atoms with Crippen molar-refractivity contribution in [1.82, 2.24) is 14.8 Å². The third kappa shape index (κ3) is 2.81. The van der Waals surface area contributed by atoms with E-state index in [1.54, 1.807) is 12.1 Å². The van der Waals surface area contributed by atoms with Gasteiger partial charge in [-0.25, -0.2) is 14.1 Å². The lowest BCUT2D eigenvalue weighted by molar-refractivity contribution is 0.504. The first-order chi connectivity index (χ1) is 9.19. The minimum absolute atomic E-state index is 0.0941. The number of benzene rings is 1. The zero-order valence-corrected chi connectivity index (χ0v) is 11.3. The summed E-state index contributed by atoms with van der Waals surface area (Å²) in [6, 6.07) is 6.30. The lowest BCUT2D eigenvalue weighted by Gasteiger charge is -2.17. The van der Waals surface area contributed by atoms with Gasteiger partial charge in [0.1, 0.15) is 11.6 Å². The van der Waals surface area contributed by atoms with E-state index in [0.29, 0.717) is 6.54 Å². The lowest BCUT2D eigenvalue weighted by atomic mass is 10.1. The minimum atomic E-state index is -0.247. The molecule has 2 aromatic rings. The summed E-state index contributed by atoms with van der Waals surface area (Å²) in [5.41, 5.74) is 6.82. The maximum absolute atomic E-state index is 13.0. The molecule has 1 atom stereocenters. The second kappa shape index (κ2) is 5.93. The Morgan fingerprint density at radius 3 is 2.42 bits per heavy atom. The number of halogens is 1. The first-order valence-corrected chi connectivity index (χ1v) is 6.59. The van der Waals surface area contributed by atoms with E-state index in [-0.39, 0.29) is 11.9 Å². The molecule has 0 spiro atoms. The standard InChI is InChI=1S/C14H19FN4/c1-3-13-17-14(4-2)19(18-13)12(9-16)10-5-7-11(15)8-6-10/h5-8,12H,3-4,9,16H2,1-2H3. The molecule has 0 saturated heterocycles. The van der Waals surface area contributed by atoms with Gasteiger partial charge in [-0.1, -0.05) is 26.0 Å². The summed E-state index contributed by atoms with van der Waals surface area (Å²) in [5.74, 6) is 1.48. The molecular weight excluding hydrogens is 243 g/mol. The highest BCUT2D eigenvalue weighted by Crippen LogP contribution is 2.19. The summed E-state index contributed by atoms with van der Waals surface area (Å²) >= 11 is 0. The van der Waals surface area contributed by atoms with E-state index in [0.717, 1.165) is 30.1 Å². The fraction of sp³-hybridized carbons (Fsp3) is 0.429. The normalized spacial score (nSPS) is 12.6. The molecule has 0 bridgehead atoms. The van der Waals surface area contributed by atoms with E-state index >= 15 is 0 Å². The van der Waals surface area contributed by atoms with Gasteiger partial charge in [-0.15, -0.1) is 0 Å². The van der Waals surface area contributed by atoms with Crippen molar-refractivity contribution in [3.63, 3.8) is 0 Å². The van der Waals surface area contributed by atoms with Crippen LogP contribution in [0.25, 0.3) is 0 Å². The molecule has 1 heterocycles. The van der Waals surface area contributed by atoms with Gasteiger partial charge in [0.25, 0.3) is 0 Å². The minimum Gasteiger partial charge on any atom is -0.328 e. The molecule has 0 aliphatic rings. The molecule has 2 N–H and O–H groups in total. The van der Waals surface area contributed by atoms with E-state index in [2.05, 4.69) is 10.1 Å². The quantitative estimate of drug-likeness (QED) is 0.897. The van der Waals surface area contributed by atoms with Crippen LogP contribution in [0.3, 0.4) is 0 Å². The Balaban J connectivity index is 2.41. The smallest absolute Gasteiger partial charge is 0.150 e. The molecular formula is C14H19FN4. The van der Waals surface area contributed by atoms with Crippen LogP contribution in [0.5, 0.6) is 0 Å². The molecule has 2 rings (SSSR count). The van der Waals surface area contributed by atoms with Crippen molar-refractivity contribution < 1.29 is 4.39 Å². The van der Waals surface area contributed by atoms with Gasteiger partial charge in [-0.05, 0) is 17.7 Å². The Bertz CT molecular complexity index is 533. The molecule has 0 aliphatic heterocycles. The largest absolute Gasteiger partial charge is 0.328 e. The highest BCUT2D eigenvalue weighted by Gasteiger charge is 2.18. The van der Waals surface area contributed by atoms with Crippen LogP contribution in [-0.4, -0.2) is 21.3 Å². The summed E-state index contributed by atoms with van der Waals surface area (Å²) in [4.78, 5) is 4.48. The van der Waals surface area contributed by atoms with E-state index in [1.807, 2.05) is 18.5 Å². The first-order valence-electron chi connectivity index (χ1n) is 6.59. The molecule has 19 heavy (non-hydrogen) atoms. The van der Waals surface area contributed by atoms with Crippen molar-refractivity contribution in [2.24, 2.45) is 5.73 Å². The van der Waals surface area contributed by atoms with Gasteiger partial charge in [0.15, 0.2) is 5.82 Å². The topological polar surface area (TPSA) is 56.7 Å². The van der Waals surface area contributed by atoms with Crippen LogP contribution in [-0.2, 0) is 12.8 Å². The highest BCUT2D eigenvalue weighted by molar-refractivity contribution is 5.21. The molecule has 0 amide bonds. The molecule has 1 aromatic heterocycles.